The van der Waals surface area contributed by atoms with Gasteiger partial charge in [-0.1, -0.05) is 13.8 Å². The summed E-state index contributed by atoms with van der Waals surface area (Å²) in [5.74, 6) is 0.366. The first-order valence-corrected chi connectivity index (χ1v) is 2.37. The SMILES string of the molecule is CC(C)COOOO. The van der Waals surface area contributed by atoms with Gasteiger partial charge in [0.15, 0.2) is 0 Å². The van der Waals surface area contributed by atoms with Gasteiger partial charge in [0.05, 0.1) is 6.61 Å². The molecule has 8 heavy (non-hydrogen) atoms. The standard InChI is InChI=1S/C4H10O4/c1-4(2)3-6-8-7-5/h4-5H,3H2,1-2H3. The topological polar surface area (TPSA) is 47.9 Å². The molecule has 0 rings (SSSR count). The van der Waals surface area contributed by atoms with Crippen LogP contribution in [0.3, 0.4) is 0 Å². The Morgan fingerprint density at radius 3 is 2.50 bits per heavy atom. The van der Waals surface area contributed by atoms with Crippen molar-refractivity contribution >= 4 is 0 Å². The summed E-state index contributed by atoms with van der Waals surface area (Å²) in [6, 6.07) is 0. The first-order valence-electron chi connectivity index (χ1n) is 2.37. The summed E-state index contributed by atoms with van der Waals surface area (Å²) < 4.78 is 0. The molecular formula is C4H10O4. The van der Waals surface area contributed by atoms with Crippen LogP contribution in [0.5, 0.6) is 0 Å². The van der Waals surface area contributed by atoms with Crippen molar-refractivity contribution in [2.75, 3.05) is 6.61 Å². The van der Waals surface area contributed by atoms with Crippen LogP contribution in [0.2, 0.25) is 0 Å². The second-order valence-electron chi connectivity index (χ2n) is 1.82. The summed E-state index contributed by atoms with van der Waals surface area (Å²) in [6.45, 7) is 4.29. The van der Waals surface area contributed by atoms with Crippen molar-refractivity contribution in [1.82, 2.24) is 0 Å². The van der Waals surface area contributed by atoms with Crippen molar-refractivity contribution in [3.63, 3.8) is 0 Å². The Labute approximate surface area is 47.8 Å². The Morgan fingerprint density at radius 2 is 2.12 bits per heavy atom. The van der Waals surface area contributed by atoms with Gasteiger partial charge in [0.2, 0.25) is 0 Å². The number of rotatable bonds is 4. The van der Waals surface area contributed by atoms with Gasteiger partial charge in [0.1, 0.15) is 0 Å². The zero-order valence-corrected chi connectivity index (χ0v) is 4.96. The fraction of sp³-hybridized carbons (Fsp3) is 1.00. The summed E-state index contributed by atoms with van der Waals surface area (Å²) in [4.78, 5) is 4.27. The molecule has 0 spiro atoms. The van der Waals surface area contributed by atoms with E-state index in [0.717, 1.165) is 0 Å². The first kappa shape index (κ1) is 7.84. The zero-order valence-electron chi connectivity index (χ0n) is 4.96. The van der Waals surface area contributed by atoms with Gasteiger partial charge >= 0.3 is 0 Å². The normalized spacial score (nSPS) is 10.5. The molecule has 4 heteroatoms. The van der Waals surface area contributed by atoms with E-state index in [-0.39, 0.29) is 0 Å². The maximum Gasteiger partial charge on any atom is 0.0877 e. The fourth-order valence-corrected chi connectivity index (χ4v) is 0.185. The van der Waals surface area contributed by atoms with E-state index in [1.165, 1.54) is 0 Å². The number of hydrogen-bond donors (Lipinski definition) is 1. The van der Waals surface area contributed by atoms with Gasteiger partial charge < -0.3 is 0 Å². The maximum absolute atomic E-state index is 7.53. The molecule has 0 aliphatic rings. The Morgan fingerprint density at radius 1 is 1.50 bits per heavy atom. The smallest absolute Gasteiger partial charge is 0.0877 e. The van der Waals surface area contributed by atoms with Crippen LogP contribution < -0.4 is 0 Å². The third-order valence-electron chi connectivity index (χ3n) is 0.480. The highest BCUT2D eigenvalue weighted by atomic mass is 17.6. The van der Waals surface area contributed by atoms with E-state index < -0.39 is 0 Å². The molecule has 0 fully saturated rings. The first-order chi connectivity index (χ1) is 3.77. The van der Waals surface area contributed by atoms with E-state index in [1.807, 2.05) is 13.8 Å². The Bertz CT molecular complexity index is 45.3. The fourth-order valence-electron chi connectivity index (χ4n) is 0.185. The molecule has 0 saturated carbocycles. The van der Waals surface area contributed by atoms with Gasteiger partial charge in [-0.2, -0.15) is 0 Å². The molecule has 0 aromatic carbocycles. The molecule has 0 amide bonds. The van der Waals surface area contributed by atoms with Crippen molar-refractivity contribution in [2.24, 2.45) is 5.92 Å². The molecule has 0 atom stereocenters. The quantitative estimate of drug-likeness (QED) is 0.343. The lowest BCUT2D eigenvalue weighted by atomic mass is 10.2. The molecule has 0 aliphatic carbocycles. The average Bonchev–Trinajstić information content (AvgIpc) is 1.66. The van der Waals surface area contributed by atoms with Crippen molar-refractivity contribution in [3.05, 3.63) is 0 Å². The summed E-state index contributed by atoms with van der Waals surface area (Å²) in [5.41, 5.74) is 0. The molecule has 0 heterocycles. The van der Waals surface area contributed by atoms with Crippen LogP contribution in [-0.4, -0.2) is 11.9 Å². The van der Waals surface area contributed by atoms with E-state index in [4.69, 9.17) is 5.26 Å². The molecule has 50 valence electrons. The largest absolute Gasteiger partial charge is 0.219 e. The molecule has 0 aromatic rings. The lowest BCUT2D eigenvalue weighted by Gasteiger charge is -1.99. The molecule has 4 nitrogen and oxygen atoms in total. The van der Waals surface area contributed by atoms with Gasteiger partial charge in [-0.25, -0.2) is 10.1 Å². The lowest BCUT2D eigenvalue weighted by molar-refractivity contribution is -0.624. The Hall–Kier alpha value is -0.160. The molecule has 0 aliphatic heterocycles. The van der Waals surface area contributed by atoms with Crippen LogP contribution in [0.1, 0.15) is 13.8 Å². The van der Waals surface area contributed by atoms with Gasteiger partial charge in [0, 0.05) is 0 Å². The van der Waals surface area contributed by atoms with E-state index in [1.54, 1.807) is 0 Å². The van der Waals surface area contributed by atoms with Crippen LogP contribution in [0.25, 0.3) is 0 Å². The maximum atomic E-state index is 7.53. The van der Waals surface area contributed by atoms with E-state index >= 15 is 0 Å². The minimum absolute atomic E-state index is 0.366. The molecule has 0 unspecified atom stereocenters. The summed E-state index contributed by atoms with van der Waals surface area (Å²) in [7, 11) is 0. The van der Waals surface area contributed by atoms with Crippen molar-refractivity contribution in [3.8, 4) is 0 Å². The highest BCUT2D eigenvalue weighted by molar-refractivity contribution is 4.34. The molecule has 1 N–H and O–H groups in total. The van der Waals surface area contributed by atoms with E-state index in [9.17, 15) is 0 Å². The summed E-state index contributed by atoms with van der Waals surface area (Å²) in [6.07, 6.45) is 0. The molecule has 0 aromatic heterocycles. The third kappa shape index (κ3) is 5.84. The summed E-state index contributed by atoms with van der Waals surface area (Å²) in [5, 5.41) is 14.4. The van der Waals surface area contributed by atoms with Crippen LogP contribution in [-0.2, 0) is 15.0 Å². The van der Waals surface area contributed by atoms with Gasteiger partial charge in [0.25, 0.3) is 0 Å². The Kier molecular flexibility index (Phi) is 4.89. The van der Waals surface area contributed by atoms with Crippen LogP contribution >= 0.6 is 0 Å². The molecule has 0 radical (unpaired) electrons. The molecule has 0 saturated heterocycles. The highest BCUT2D eigenvalue weighted by Gasteiger charge is 1.92. The average molecular weight is 122 g/mol. The summed E-state index contributed by atoms with van der Waals surface area (Å²) >= 11 is 0. The van der Waals surface area contributed by atoms with Crippen molar-refractivity contribution in [2.45, 2.75) is 13.8 Å². The zero-order chi connectivity index (χ0) is 6.41. The van der Waals surface area contributed by atoms with E-state index in [0.29, 0.717) is 12.5 Å². The lowest BCUT2D eigenvalue weighted by Crippen LogP contribution is -2.01. The van der Waals surface area contributed by atoms with Crippen LogP contribution in [0.4, 0.5) is 0 Å². The van der Waals surface area contributed by atoms with Gasteiger partial charge in [-0.15, -0.1) is 0 Å². The second-order valence-corrected chi connectivity index (χ2v) is 1.82. The van der Waals surface area contributed by atoms with Gasteiger partial charge in [-0.05, 0) is 16.0 Å². The number of hydrogen-bond acceptors (Lipinski definition) is 4. The molecular weight excluding hydrogens is 112 g/mol. The van der Waals surface area contributed by atoms with Gasteiger partial charge in [-0.3, -0.25) is 0 Å². The predicted molar refractivity (Wildman–Crippen MR) is 25.6 cm³/mol. The second kappa shape index (κ2) is 4.99. The Balaban J connectivity index is 2.72. The van der Waals surface area contributed by atoms with E-state index in [2.05, 4.69) is 15.0 Å². The monoisotopic (exact) mass is 122 g/mol. The predicted octanol–water partition coefficient (Wildman–Crippen LogP) is 0.995. The highest BCUT2D eigenvalue weighted by Crippen LogP contribution is 1.91. The van der Waals surface area contributed by atoms with Crippen molar-refractivity contribution in [1.29, 1.82) is 0 Å². The van der Waals surface area contributed by atoms with Crippen molar-refractivity contribution < 1.29 is 20.2 Å². The third-order valence-corrected chi connectivity index (χ3v) is 0.480. The minimum atomic E-state index is 0.366. The van der Waals surface area contributed by atoms with Crippen LogP contribution in [0, 0.1) is 5.92 Å². The van der Waals surface area contributed by atoms with Crippen LogP contribution in [0.15, 0.2) is 0 Å². The minimum Gasteiger partial charge on any atom is -0.219 e. The molecule has 0 bridgehead atoms.